The second kappa shape index (κ2) is 15.1. The highest BCUT2D eigenvalue weighted by molar-refractivity contribution is 5.98. The number of alkyl halides is 1. The van der Waals surface area contributed by atoms with E-state index in [0.717, 1.165) is 86.9 Å². The van der Waals surface area contributed by atoms with E-state index in [2.05, 4.69) is 13.8 Å². The van der Waals surface area contributed by atoms with Gasteiger partial charge in [0.25, 0.3) is 0 Å². The molecular formula is C39H67FO. The highest BCUT2D eigenvalue weighted by atomic mass is 19.1. The predicted molar refractivity (Wildman–Crippen MR) is 172 cm³/mol. The Hall–Kier alpha value is -0.400. The van der Waals surface area contributed by atoms with Gasteiger partial charge in [-0.25, -0.2) is 4.39 Å². The van der Waals surface area contributed by atoms with Gasteiger partial charge < -0.3 is 0 Å². The molecule has 0 N–H and O–H groups in total. The summed E-state index contributed by atoms with van der Waals surface area (Å²) in [7, 11) is 0. The van der Waals surface area contributed by atoms with Crippen LogP contribution < -0.4 is 0 Å². The van der Waals surface area contributed by atoms with Gasteiger partial charge in [-0.2, -0.15) is 0 Å². The third-order valence-corrected chi connectivity index (χ3v) is 14.0. The molecule has 2 heteroatoms. The molecule has 0 radical (unpaired) electrons. The molecule has 5 fully saturated rings. The van der Waals surface area contributed by atoms with E-state index >= 15 is 4.39 Å². The van der Waals surface area contributed by atoms with E-state index in [0.29, 0.717) is 5.78 Å². The first kappa shape index (κ1) is 32.0. The lowest BCUT2D eigenvalue weighted by Crippen LogP contribution is -2.69. The summed E-state index contributed by atoms with van der Waals surface area (Å²) in [6.45, 7) is 4.61. The van der Waals surface area contributed by atoms with Gasteiger partial charge in [0.15, 0.2) is 5.78 Å². The predicted octanol–water partition coefficient (Wildman–Crippen LogP) is 12.2. The molecule has 1 atom stereocenters. The number of unbranched alkanes of at least 4 members (excludes halogenated alkanes) is 7. The maximum absolute atomic E-state index is 16.2. The molecule has 41 heavy (non-hydrogen) atoms. The highest BCUT2D eigenvalue weighted by Crippen LogP contribution is 2.66. The summed E-state index contributed by atoms with van der Waals surface area (Å²) in [5, 5.41) is 0. The van der Waals surface area contributed by atoms with Crippen molar-refractivity contribution in [1.82, 2.24) is 0 Å². The van der Waals surface area contributed by atoms with Crippen LogP contribution in [0.4, 0.5) is 4.39 Å². The van der Waals surface area contributed by atoms with Gasteiger partial charge >= 0.3 is 0 Å². The summed E-state index contributed by atoms with van der Waals surface area (Å²) < 4.78 is 16.2. The summed E-state index contributed by atoms with van der Waals surface area (Å²) in [5.74, 6) is 5.55. The minimum absolute atomic E-state index is 0.385. The minimum Gasteiger partial charge on any atom is -0.298 e. The van der Waals surface area contributed by atoms with Crippen LogP contribution in [0.1, 0.15) is 187 Å². The van der Waals surface area contributed by atoms with E-state index in [9.17, 15) is 4.79 Å². The van der Waals surface area contributed by atoms with Crippen molar-refractivity contribution in [2.45, 2.75) is 193 Å². The Labute approximate surface area is 254 Å². The van der Waals surface area contributed by atoms with E-state index < -0.39 is 17.0 Å². The van der Waals surface area contributed by atoms with E-state index in [1.165, 1.54) is 122 Å². The number of carbonyl (C=O) groups is 1. The molecule has 0 amide bonds. The van der Waals surface area contributed by atoms with E-state index in [1.54, 1.807) is 0 Å². The van der Waals surface area contributed by atoms with E-state index in [4.69, 9.17) is 0 Å². The quantitative estimate of drug-likeness (QED) is 0.201. The lowest BCUT2D eigenvalue weighted by Gasteiger charge is -2.62. The Balaban J connectivity index is 0.993. The van der Waals surface area contributed by atoms with Crippen LogP contribution in [0.15, 0.2) is 0 Å². The van der Waals surface area contributed by atoms with Crippen LogP contribution in [0, 0.1) is 46.3 Å². The monoisotopic (exact) mass is 571 g/mol. The second-order valence-electron chi connectivity index (χ2n) is 16.3. The van der Waals surface area contributed by atoms with Gasteiger partial charge in [0.05, 0.1) is 10.8 Å². The molecule has 5 saturated carbocycles. The first-order valence-corrected chi connectivity index (χ1v) is 19.2. The van der Waals surface area contributed by atoms with Gasteiger partial charge in [-0.15, -0.1) is 0 Å². The summed E-state index contributed by atoms with van der Waals surface area (Å²) >= 11 is 0. The van der Waals surface area contributed by atoms with Gasteiger partial charge in [-0.3, -0.25) is 4.79 Å². The molecule has 2 spiro atoms. The van der Waals surface area contributed by atoms with Crippen LogP contribution in [0.5, 0.6) is 0 Å². The number of hydrogen-bond donors (Lipinski definition) is 0. The highest BCUT2D eigenvalue weighted by Gasteiger charge is 2.71. The van der Waals surface area contributed by atoms with Gasteiger partial charge in [-0.1, -0.05) is 110 Å². The zero-order chi connectivity index (χ0) is 28.7. The number of ketones is 1. The van der Waals surface area contributed by atoms with Crippen LogP contribution in [-0.2, 0) is 4.79 Å². The van der Waals surface area contributed by atoms with Crippen LogP contribution in [0.25, 0.3) is 0 Å². The van der Waals surface area contributed by atoms with Crippen LogP contribution in [0.3, 0.4) is 0 Å². The van der Waals surface area contributed by atoms with E-state index in [1.807, 2.05) is 0 Å². The first-order valence-electron chi connectivity index (χ1n) is 19.2. The number of Topliss-reactive ketones (excluding diaryl/α,β-unsaturated/α-hetero) is 1. The Bertz CT molecular complexity index is 771. The molecule has 0 bridgehead atoms. The van der Waals surface area contributed by atoms with Crippen molar-refractivity contribution in [3.05, 3.63) is 0 Å². The molecule has 5 aliphatic carbocycles. The molecule has 0 aliphatic heterocycles. The molecule has 1 unspecified atom stereocenters. The number of halogens is 1. The Morgan fingerprint density at radius 1 is 0.512 bits per heavy atom. The SMILES string of the molecule is CCCCCCCCC[C@H]1CC[C@H](C2CCC3(CC2)C(=O)C2(CCC([C@H]4CC[C@H](CCCC)CC4)CC2)C3F)CC1. The Morgan fingerprint density at radius 3 is 1.29 bits per heavy atom. The standard InChI is InChI=1S/C39H67FO/c1-3-5-7-8-9-10-11-13-31-16-20-33(21-17-31)35-24-28-39(29-25-35)36(40)38(37(39)41)26-22-34(23-27-38)32-18-14-30(15-19-32)12-6-4-2/h30-36H,3-29H2,1-2H3/t30-,31-,32-,33-,34?,35?,36?,38?,39?. The molecule has 0 aromatic carbocycles. The molecule has 1 nitrogen and oxygen atoms in total. The van der Waals surface area contributed by atoms with Crippen molar-refractivity contribution in [2.75, 3.05) is 0 Å². The van der Waals surface area contributed by atoms with E-state index in [-0.39, 0.29) is 0 Å². The molecule has 0 aromatic heterocycles. The fraction of sp³-hybridized carbons (Fsp3) is 0.974. The molecular weight excluding hydrogens is 503 g/mol. The largest absolute Gasteiger partial charge is 0.298 e. The number of hydrogen-bond acceptors (Lipinski definition) is 1. The summed E-state index contributed by atoms with van der Waals surface area (Å²) in [6, 6.07) is 0. The number of rotatable bonds is 13. The summed E-state index contributed by atoms with van der Waals surface area (Å²) in [5.41, 5.74) is -1.15. The Kier molecular flexibility index (Phi) is 11.8. The van der Waals surface area contributed by atoms with Gasteiger partial charge in [-0.05, 0) is 113 Å². The van der Waals surface area contributed by atoms with Crippen molar-refractivity contribution >= 4 is 5.78 Å². The van der Waals surface area contributed by atoms with Crippen molar-refractivity contribution < 1.29 is 9.18 Å². The lowest BCUT2D eigenvalue weighted by atomic mass is 9.41. The zero-order valence-corrected chi connectivity index (χ0v) is 27.4. The Morgan fingerprint density at radius 2 is 0.878 bits per heavy atom. The van der Waals surface area contributed by atoms with Crippen LogP contribution in [0.2, 0.25) is 0 Å². The average molecular weight is 571 g/mol. The van der Waals surface area contributed by atoms with Crippen molar-refractivity contribution in [3.8, 4) is 0 Å². The molecule has 0 heterocycles. The summed E-state index contributed by atoms with van der Waals surface area (Å²) in [6.07, 6.45) is 33.9. The fourth-order valence-corrected chi connectivity index (χ4v) is 11.2. The summed E-state index contributed by atoms with van der Waals surface area (Å²) in [4.78, 5) is 13.8. The van der Waals surface area contributed by atoms with Crippen molar-refractivity contribution in [3.63, 3.8) is 0 Å². The molecule has 5 aliphatic rings. The topological polar surface area (TPSA) is 17.1 Å². The lowest BCUT2D eigenvalue weighted by molar-refractivity contribution is -0.194. The second-order valence-corrected chi connectivity index (χ2v) is 16.3. The fourth-order valence-electron chi connectivity index (χ4n) is 11.2. The molecule has 5 rings (SSSR count). The van der Waals surface area contributed by atoms with Crippen LogP contribution >= 0.6 is 0 Å². The van der Waals surface area contributed by atoms with Gasteiger partial charge in [0.2, 0.25) is 0 Å². The van der Waals surface area contributed by atoms with Crippen molar-refractivity contribution in [1.29, 1.82) is 0 Å². The maximum Gasteiger partial charge on any atom is 0.151 e. The smallest absolute Gasteiger partial charge is 0.151 e. The average Bonchev–Trinajstić information content (AvgIpc) is 3.03. The third-order valence-electron chi connectivity index (χ3n) is 14.0. The third kappa shape index (κ3) is 7.13. The minimum atomic E-state index is -0.841. The van der Waals surface area contributed by atoms with Crippen LogP contribution in [-0.4, -0.2) is 12.0 Å². The normalized spacial score (nSPS) is 41.5. The van der Waals surface area contributed by atoms with Gasteiger partial charge in [0, 0.05) is 0 Å². The molecule has 0 aromatic rings. The van der Waals surface area contributed by atoms with Gasteiger partial charge in [0.1, 0.15) is 6.17 Å². The maximum atomic E-state index is 16.2. The molecule has 0 saturated heterocycles. The number of carbonyl (C=O) groups excluding carboxylic acids is 1. The zero-order valence-electron chi connectivity index (χ0n) is 27.4. The first-order chi connectivity index (χ1) is 20.0. The molecule has 236 valence electrons. The van der Waals surface area contributed by atoms with Crippen molar-refractivity contribution in [2.24, 2.45) is 46.3 Å².